The predicted octanol–water partition coefficient (Wildman–Crippen LogP) is 2.34. The van der Waals surface area contributed by atoms with E-state index < -0.39 is 23.7 Å². The molecule has 0 radical (unpaired) electrons. The normalized spacial score (nSPS) is 12.8. The first-order chi connectivity index (χ1) is 12.4. The molecule has 26 heavy (non-hydrogen) atoms. The number of nitrogens with zero attached hydrogens (tertiary/aromatic N) is 1. The molecule has 1 N–H and O–H groups in total. The summed E-state index contributed by atoms with van der Waals surface area (Å²) in [7, 11) is 1.39. The van der Waals surface area contributed by atoms with Crippen LogP contribution in [-0.2, 0) is 4.74 Å². The molecule has 0 aromatic heterocycles. The van der Waals surface area contributed by atoms with Gasteiger partial charge in [0.1, 0.15) is 0 Å². The summed E-state index contributed by atoms with van der Waals surface area (Å²) < 4.78 is 4.98. The van der Waals surface area contributed by atoms with Gasteiger partial charge in [-0.2, -0.15) is 0 Å². The fraction of sp³-hybridized carbons (Fsp3) is 0.158. The SMILES string of the molecule is CCOC(=O)c1ccccc1NC(=O)c1ccc2c(c1)C(=O)N(C)C2=O. The molecule has 3 rings (SSSR count). The molecule has 0 spiro atoms. The number of nitrogens with one attached hydrogen (secondary N) is 1. The number of carbonyl (C=O) groups is 4. The van der Waals surface area contributed by atoms with Gasteiger partial charge in [0, 0.05) is 12.6 Å². The van der Waals surface area contributed by atoms with E-state index in [4.69, 9.17) is 4.74 Å². The maximum absolute atomic E-state index is 12.5. The monoisotopic (exact) mass is 352 g/mol. The molecule has 0 fully saturated rings. The lowest BCUT2D eigenvalue weighted by Gasteiger charge is -2.10. The fourth-order valence-electron chi connectivity index (χ4n) is 2.68. The summed E-state index contributed by atoms with van der Waals surface area (Å²) in [4.78, 5) is 49.5. The summed E-state index contributed by atoms with van der Waals surface area (Å²) in [5.74, 6) is -1.89. The Morgan fingerprint density at radius 2 is 1.73 bits per heavy atom. The van der Waals surface area contributed by atoms with Crippen LogP contribution in [0.25, 0.3) is 0 Å². The molecular weight excluding hydrogens is 336 g/mol. The Bertz CT molecular complexity index is 935. The number of ether oxygens (including phenoxy) is 1. The minimum Gasteiger partial charge on any atom is -0.462 e. The van der Waals surface area contributed by atoms with Gasteiger partial charge in [-0.25, -0.2) is 4.79 Å². The van der Waals surface area contributed by atoms with Gasteiger partial charge in [0.2, 0.25) is 0 Å². The van der Waals surface area contributed by atoms with Crippen molar-refractivity contribution >= 4 is 29.4 Å². The van der Waals surface area contributed by atoms with Gasteiger partial charge in [-0.1, -0.05) is 12.1 Å². The second kappa shape index (κ2) is 6.79. The van der Waals surface area contributed by atoms with E-state index in [9.17, 15) is 19.2 Å². The van der Waals surface area contributed by atoms with Crippen LogP contribution >= 0.6 is 0 Å². The Morgan fingerprint density at radius 1 is 1.04 bits per heavy atom. The van der Waals surface area contributed by atoms with Gasteiger partial charge in [-0.3, -0.25) is 19.3 Å². The van der Waals surface area contributed by atoms with Crippen LogP contribution in [0.15, 0.2) is 42.5 Å². The van der Waals surface area contributed by atoms with Crippen molar-refractivity contribution in [2.24, 2.45) is 0 Å². The molecule has 3 amide bonds. The van der Waals surface area contributed by atoms with Gasteiger partial charge in [0.15, 0.2) is 0 Å². The van der Waals surface area contributed by atoms with Crippen molar-refractivity contribution in [1.29, 1.82) is 0 Å². The highest BCUT2D eigenvalue weighted by Crippen LogP contribution is 2.24. The maximum atomic E-state index is 12.5. The predicted molar refractivity (Wildman–Crippen MR) is 93.2 cm³/mol. The van der Waals surface area contributed by atoms with Crippen LogP contribution in [-0.4, -0.2) is 42.2 Å². The molecule has 7 heteroatoms. The first kappa shape index (κ1) is 17.3. The van der Waals surface area contributed by atoms with Crippen molar-refractivity contribution in [2.45, 2.75) is 6.92 Å². The van der Waals surface area contributed by atoms with Crippen LogP contribution in [0.1, 0.15) is 48.4 Å². The van der Waals surface area contributed by atoms with Gasteiger partial charge < -0.3 is 10.1 Å². The molecule has 0 saturated carbocycles. The van der Waals surface area contributed by atoms with E-state index in [2.05, 4.69) is 5.32 Å². The van der Waals surface area contributed by atoms with Crippen molar-refractivity contribution in [3.05, 3.63) is 64.7 Å². The van der Waals surface area contributed by atoms with E-state index in [1.807, 2.05) is 0 Å². The van der Waals surface area contributed by atoms with Crippen LogP contribution in [0.5, 0.6) is 0 Å². The molecule has 1 aliphatic rings. The summed E-state index contributed by atoms with van der Waals surface area (Å²) in [5.41, 5.74) is 1.19. The lowest BCUT2D eigenvalue weighted by Crippen LogP contribution is -2.24. The van der Waals surface area contributed by atoms with Gasteiger partial charge in [-0.15, -0.1) is 0 Å². The summed E-state index contributed by atoms with van der Waals surface area (Å²) in [5, 5.41) is 2.64. The van der Waals surface area contributed by atoms with Gasteiger partial charge in [0.05, 0.1) is 29.0 Å². The molecule has 2 aromatic carbocycles. The highest BCUT2D eigenvalue weighted by Gasteiger charge is 2.33. The molecule has 1 heterocycles. The number of benzene rings is 2. The van der Waals surface area contributed by atoms with Crippen LogP contribution in [0, 0.1) is 0 Å². The number of esters is 1. The average Bonchev–Trinajstić information content (AvgIpc) is 2.86. The number of imide groups is 1. The number of fused-ring (bicyclic) bond motifs is 1. The lowest BCUT2D eigenvalue weighted by molar-refractivity contribution is 0.0526. The standard InChI is InChI=1S/C19H16N2O5/c1-3-26-19(25)13-6-4-5-7-15(13)20-16(22)11-8-9-12-14(10-11)18(24)21(2)17(12)23/h4-10H,3H2,1-2H3,(H,20,22). The number of hydrogen-bond donors (Lipinski definition) is 1. The van der Waals surface area contributed by atoms with Crippen LogP contribution in [0.3, 0.4) is 0 Å². The molecule has 0 aliphatic carbocycles. The molecule has 0 bridgehead atoms. The molecule has 132 valence electrons. The van der Waals surface area contributed by atoms with Crippen LogP contribution in [0.4, 0.5) is 5.69 Å². The van der Waals surface area contributed by atoms with E-state index in [0.29, 0.717) is 5.69 Å². The number of carbonyl (C=O) groups excluding carboxylic acids is 4. The highest BCUT2D eigenvalue weighted by atomic mass is 16.5. The molecule has 0 atom stereocenters. The minimum absolute atomic E-state index is 0.184. The first-order valence-electron chi connectivity index (χ1n) is 7.98. The van der Waals surface area contributed by atoms with E-state index in [1.54, 1.807) is 31.2 Å². The summed E-state index contributed by atoms with van der Waals surface area (Å²) in [6.45, 7) is 1.91. The summed E-state index contributed by atoms with van der Waals surface area (Å²) >= 11 is 0. The number of anilines is 1. The van der Waals surface area contributed by atoms with Crippen LogP contribution < -0.4 is 5.32 Å². The number of rotatable bonds is 4. The Labute approximate surface area is 149 Å². The van der Waals surface area contributed by atoms with Gasteiger partial charge in [-0.05, 0) is 37.3 Å². The van der Waals surface area contributed by atoms with Crippen molar-refractivity contribution in [2.75, 3.05) is 19.0 Å². The number of para-hydroxylation sites is 1. The van der Waals surface area contributed by atoms with E-state index in [-0.39, 0.29) is 28.9 Å². The smallest absolute Gasteiger partial charge is 0.340 e. The van der Waals surface area contributed by atoms with E-state index in [0.717, 1.165) is 4.90 Å². The van der Waals surface area contributed by atoms with Crippen molar-refractivity contribution in [3.63, 3.8) is 0 Å². The zero-order valence-electron chi connectivity index (χ0n) is 14.2. The Morgan fingerprint density at radius 3 is 2.46 bits per heavy atom. The van der Waals surface area contributed by atoms with Crippen molar-refractivity contribution < 1.29 is 23.9 Å². The first-order valence-corrected chi connectivity index (χ1v) is 7.98. The van der Waals surface area contributed by atoms with Gasteiger partial charge >= 0.3 is 5.97 Å². The second-order valence-electron chi connectivity index (χ2n) is 5.65. The van der Waals surface area contributed by atoms with Crippen molar-refractivity contribution in [3.8, 4) is 0 Å². The zero-order chi connectivity index (χ0) is 18.8. The second-order valence-corrected chi connectivity index (χ2v) is 5.65. The number of hydrogen-bond acceptors (Lipinski definition) is 5. The third-order valence-corrected chi connectivity index (χ3v) is 4.02. The molecule has 1 aliphatic heterocycles. The molecule has 0 unspecified atom stereocenters. The van der Waals surface area contributed by atoms with E-state index in [1.165, 1.54) is 25.2 Å². The lowest BCUT2D eigenvalue weighted by atomic mass is 10.0. The average molecular weight is 352 g/mol. The largest absolute Gasteiger partial charge is 0.462 e. The van der Waals surface area contributed by atoms with E-state index >= 15 is 0 Å². The third-order valence-electron chi connectivity index (χ3n) is 4.02. The Hall–Kier alpha value is -3.48. The fourth-order valence-corrected chi connectivity index (χ4v) is 2.68. The Balaban J connectivity index is 1.88. The zero-order valence-corrected chi connectivity index (χ0v) is 14.2. The quantitative estimate of drug-likeness (QED) is 0.673. The topological polar surface area (TPSA) is 92.8 Å². The summed E-state index contributed by atoms with van der Waals surface area (Å²) in [6.07, 6.45) is 0. The Kier molecular flexibility index (Phi) is 4.53. The minimum atomic E-state index is -0.542. The third kappa shape index (κ3) is 2.95. The molecule has 0 saturated heterocycles. The number of amides is 3. The maximum Gasteiger partial charge on any atom is 0.340 e. The van der Waals surface area contributed by atoms with Gasteiger partial charge in [0.25, 0.3) is 17.7 Å². The summed E-state index contributed by atoms with van der Waals surface area (Å²) in [6, 6.07) is 10.8. The van der Waals surface area contributed by atoms with Crippen LogP contribution in [0.2, 0.25) is 0 Å². The molecule has 2 aromatic rings. The molecular formula is C19H16N2O5. The van der Waals surface area contributed by atoms with Crippen molar-refractivity contribution in [1.82, 2.24) is 4.90 Å². The highest BCUT2D eigenvalue weighted by molar-refractivity contribution is 6.22. The molecule has 7 nitrogen and oxygen atoms in total.